The van der Waals surface area contributed by atoms with E-state index >= 15 is 0 Å². The van der Waals surface area contributed by atoms with Crippen LogP contribution < -0.4 is 10.5 Å². The Hall–Kier alpha value is -1.93. The van der Waals surface area contributed by atoms with Gasteiger partial charge in [-0.3, -0.25) is 9.40 Å². The number of nitrogens with two attached hydrogens (primary N) is 1. The standard InChI is InChI=1S/C13H16N4O2S2/c1-8-6-10(13(14)20)4-5-11(8)21(18,19)16-12-7-9(2)15-17(12)3/h4-7,16H,1-3H3,(H2,14,20). The van der Waals surface area contributed by atoms with E-state index in [1.165, 1.54) is 10.7 Å². The topological polar surface area (TPSA) is 90.0 Å². The first-order valence-corrected chi connectivity index (χ1v) is 8.04. The van der Waals surface area contributed by atoms with Gasteiger partial charge in [0.2, 0.25) is 0 Å². The van der Waals surface area contributed by atoms with Gasteiger partial charge < -0.3 is 5.73 Å². The summed E-state index contributed by atoms with van der Waals surface area (Å²) in [6, 6.07) is 6.41. The maximum absolute atomic E-state index is 12.4. The zero-order valence-corrected chi connectivity index (χ0v) is 13.5. The summed E-state index contributed by atoms with van der Waals surface area (Å²) in [6.45, 7) is 3.49. The molecule has 0 saturated heterocycles. The fourth-order valence-corrected chi connectivity index (χ4v) is 3.44. The number of thiocarbonyl (C=S) groups is 1. The van der Waals surface area contributed by atoms with Gasteiger partial charge in [0.1, 0.15) is 10.8 Å². The summed E-state index contributed by atoms with van der Waals surface area (Å²) in [7, 11) is -2.02. The normalized spacial score (nSPS) is 11.4. The predicted octanol–water partition coefficient (Wildman–Crippen LogP) is 1.47. The highest BCUT2D eigenvalue weighted by Gasteiger charge is 2.19. The van der Waals surface area contributed by atoms with Crippen LogP contribution in [0.15, 0.2) is 29.2 Å². The highest BCUT2D eigenvalue weighted by Crippen LogP contribution is 2.20. The molecule has 0 radical (unpaired) electrons. The zero-order chi connectivity index (χ0) is 15.8. The Labute approximate surface area is 129 Å². The molecular weight excluding hydrogens is 308 g/mol. The third kappa shape index (κ3) is 3.22. The van der Waals surface area contributed by atoms with Gasteiger partial charge in [0.15, 0.2) is 0 Å². The molecule has 0 atom stereocenters. The second kappa shape index (κ2) is 5.45. The fourth-order valence-electron chi connectivity index (χ4n) is 2.00. The molecule has 1 aromatic carbocycles. The Morgan fingerprint density at radius 2 is 2.00 bits per heavy atom. The first kappa shape index (κ1) is 15.5. The molecule has 3 N–H and O–H groups in total. The Morgan fingerprint density at radius 3 is 2.48 bits per heavy atom. The van der Waals surface area contributed by atoms with Gasteiger partial charge in [-0.15, -0.1) is 0 Å². The van der Waals surface area contributed by atoms with Gasteiger partial charge in [0.05, 0.1) is 10.6 Å². The minimum Gasteiger partial charge on any atom is -0.389 e. The second-order valence-electron chi connectivity index (χ2n) is 4.74. The SMILES string of the molecule is Cc1cc(NS(=O)(=O)c2ccc(C(N)=S)cc2C)n(C)n1. The summed E-state index contributed by atoms with van der Waals surface area (Å²) < 4.78 is 28.9. The van der Waals surface area contributed by atoms with E-state index in [9.17, 15) is 8.42 Å². The van der Waals surface area contributed by atoms with Crippen molar-refractivity contribution in [2.45, 2.75) is 18.7 Å². The molecule has 1 heterocycles. The molecule has 2 rings (SSSR count). The van der Waals surface area contributed by atoms with Crippen LogP contribution in [0.25, 0.3) is 0 Å². The zero-order valence-electron chi connectivity index (χ0n) is 11.9. The summed E-state index contributed by atoms with van der Waals surface area (Å²) in [5, 5.41) is 4.10. The maximum Gasteiger partial charge on any atom is 0.263 e. The smallest absolute Gasteiger partial charge is 0.263 e. The molecule has 0 aliphatic rings. The largest absolute Gasteiger partial charge is 0.389 e. The number of nitrogens with one attached hydrogen (secondary N) is 1. The van der Waals surface area contributed by atoms with E-state index in [1.54, 1.807) is 39.1 Å². The molecule has 0 fully saturated rings. The van der Waals surface area contributed by atoms with Crippen LogP contribution in [0.4, 0.5) is 5.82 Å². The molecule has 0 spiro atoms. The minimum absolute atomic E-state index is 0.182. The van der Waals surface area contributed by atoms with Crippen molar-refractivity contribution in [3.63, 3.8) is 0 Å². The van der Waals surface area contributed by atoms with E-state index < -0.39 is 10.0 Å². The lowest BCUT2D eigenvalue weighted by atomic mass is 10.1. The lowest BCUT2D eigenvalue weighted by Crippen LogP contribution is -2.17. The number of rotatable bonds is 4. The van der Waals surface area contributed by atoms with Crippen molar-refractivity contribution < 1.29 is 8.42 Å². The van der Waals surface area contributed by atoms with E-state index in [1.807, 2.05) is 0 Å². The van der Waals surface area contributed by atoms with Crippen molar-refractivity contribution in [2.24, 2.45) is 12.8 Å². The van der Waals surface area contributed by atoms with Crippen LogP contribution in [0.1, 0.15) is 16.8 Å². The average Bonchev–Trinajstić information content (AvgIpc) is 2.66. The molecule has 0 unspecified atom stereocenters. The molecule has 8 heteroatoms. The van der Waals surface area contributed by atoms with Crippen LogP contribution in [0.3, 0.4) is 0 Å². The number of nitrogens with zero attached hydrogens (tertiary/aromatic N) is 2. The monoisotopic (exact) mass is 324 g/mol. The number of aromatic nitrogens is 2. The number of aryl methyl sites for hydroxylation is 3. The molecule has 0 aliphatic heterocycles. The number of benzene rings is 1. The average molecular weight is 324 g/mol. The highest BCUT2D eigenvalue weighted by molar-refractivity contribution is 7.92. The Balaban J connectivity index is 2.40. The van der Waals surface area contributed by atoms with Gasteiger partial charge in [0, 0.05) is 18.7 Å². The summed E-state index contributed by atoms with van der Waals surface area (Å²) in [5.74, 6) is 0.408. The second-order valence-corrected chi connectivity index (χ2v) is 6.84. The third-order valence-corrected chi connectivity index (χ3v) is 4.74. The van der Waals surface area contributed by atoms with Crippen LogP contribution in [0.2, 0.25) is 0 Å². The van der Waals surface area contributed by atoms with Crippen molar-refractivity contribution >= 4 is 33.0 Å². The van der Waals surface area contributed by atoms with E-state index in [4.69, 9.17) is 18.0 Å². The molecule has 6 nitrogen and oxygen atoms in total. The van der Waals surface area contributed by atoms with E-state index in [2.05, 4.69) is 9.82 Å². The van der Waals surface area contributed by atoms with Crippen molar-refractivity contribution in [3.8, 4) is 0 Å². The van der Waals surface area contributed by atoms with Crippen molar-refractivity contribution in [1.29, 1.82) is 0 Å². The van der Waals surface area contributed by atoms with Crippen LogP contribution in [0, 0.1) is 13.8 Å². The molecular formula is C13H16N4O2S2. The van der Waals surface area contributed by atoms with E-state index in [0.29, 0.717) is 16.9 Å². The Kier molecular flexibility index (Phi) is 4.02. The molecule has 21 heavy (non-hydrogen) atoms. The lowest BCUT2D eigenvalue weighted by molar-refractivity contribution is 0.599. The van der Waals surface area contributed by atoms with Gasteiger partial charge in [-0.2, -0.15) is 5.10 Å². The van der Waals surface area contributed by atoms with Gasteiger partial charge in [-0.1, -0.05) is 18.3 Å². The molecule has 0 aliphatic carbocycles. The number of sulfonamides is 1. The number of anilines is 1. The molecule has 0 bridgehead atoms. The molecule has 1 aromatic heterocycles. The lowest BCUT2D eigenvalue weighted by Gasteiger charge is -2.11. The first-order chi connectivity index (χ1) is 9.70. The molecule has 2 aromatic rings. The third-order valence-electron chi connectivity index (χ3n) is 2.99. The van der Waals surface area contributed by atoms with Gasteiger partial charge >= 0.3 is 0 Å². The van der Waals surface area contributed by atoms with Gasteiger partial charge in [0.25, 0.3) is 10.0 Å². The number of hydrogen-bond donors (Lipinski definition) is 2. The Morgan fingerprint density at radius 1 is 1.33 bits per heavy atom. The first-order valence-electron chi connectivity index (χ1n) is 6.14. The number of hydrogen-bond acceptors (Lipinski definition) is 4. The molecule has 0 amide bonds. The van der Waals surface area contributed by atoms with Crippen LogP contribution >= 0.6 is 12.2 Å². The van der Waals surface area contributed by atoms with Gasteiger partial charge in [-0.05, 0) is 31.5 Å². The van der Waals surface area contributed by atoms with E-state index in [0.717, 1.165) is 5.69 Å². The summed E-state index contributed by atoms with van der Waals surface area (Å²) in [4.78, 5) is 0.415. The van der Waals surface area contributed by atoms with Crippen molar-refractivity contribution in [1.82, 2.24) is 9.78 Å². The van der Waals surface area contributed by atoms with Crippen molar-refractivity contribution in [3.05, 3.63) is 41.1 Å². The van der Waals surface area contributed by atoms with Crippen molar-refractivity contribution in [2.75, 3.05) is 4.72 Å². The quantitative estimate of drug-likeness (QED) is 0.831. The predicted molar refractivity (Wildman–Crippen MR) is 85.8 cm³/mol. The summed E-state index contributed by atoms with van der Waals surface area (Å²) in [5.41, 5.74) is 7.49. The van der Waals surface area contributed by atoms with Crippen LogP contribution in [-0.4, -0.2) is 23.2 Å². The summed E-state index contributed by atoms with van der Waals surface area (Å²) in [6.07, 6.45) is 0. The minimum atomic E-state index is -3.69. The van der Waals surface area contributed by atoms with Crippen LogP contribution in [-0.2, 0) is 17.1 Å². The molecule has 0 saturated carbocycles. The molecule has 112 valence electrons. The highest BCUT2D eigenvalue weighted by atomic mass is 32.2. The van der Waals surface area contributed by atoms with Crippen LogP contribution in [0.5, 0.6) is 0 Å². The maximum atomic E-state index is 12.4. The van der Waals surface area contributed by atoms with E-state index in [-0.39, 0.29) is 9.88 Å². The Bertz CT molecular complexity index is 810. The van der Waals surface area contributed by atoms with Gasteiger partial charge in [-0.25, -0.2) is 8.42 Å². The fraction of sp³-hybridized carbons (Fsp3) is 0.231. The summed E-state index contributed by atoms with van der Waals surface area (Å²) >= 11 is 4.88.